The fourth-order valence-electron chi connectivity index (χ4n) is 4.77. The highest BCUT2D eigenvalue weighted by Crippen LogP contribution is 2.40. The minimum atomic E-state index is -0.223. The van der Waals surface area contributed by atoms with E-state index in [1.807, 2.05) is 18.2 Å². The monoisotopic (exact) mass is 369 g/mol. The van der Waals surface area contributed by atoms with Gasteiger partial charge in [0.15, 0.2) is 11.6 Å². The average Bonchev–Trinajstić information content (AvgIpc) is 3.17. The Morgan fingerprint density at radius 2 is 1.78 bits per heavy atom. The molecular weight excluding hydrogens is 341 g/mol. The minimum absolute atomic E-state index is 0.132. The maximum absolute atomic E-state index is 14.2. The number of hydrogen-bond donors (Lipinski definition) is 1. The van der Waals surface area contributed by atoms with E-state index in [4.69, 9.17) is 4.74 Å². The van der Waals surface area contributed by atoms with Gasteiger partial charge in [-0.25, -0.2) is 4.39 Å². The molecular formula is C23H28FNO2. The van der Waals surface area contributed by atoms with Crippen molar-refractivity contribution in [3.05, 3.63) is 59.4 Å². The lowest BCUT2D eigenvalue weighted by atomic mass is 10.0. The Balaban J connectivity index is 1.30. The summed E-state index contributed by atoms with van der Waals surface area (Å²) in [6.07, 6.45) is 2.16. The topological polar surface area (TPSA) is 32.7 Å². The van der Waals surface area contributed by atoms with Crippen molar-refractivity contribution in [3.8, 4) is 11.5 Å². The third-order valence-electron chi connectivity index (χ3n) is 6.23. The Morgan fingerprint density at radius 1 is 1.11 bits per heavy atom. The number of halogens is 1. The van der Waals surface area contributed by atoms with Gasteiger partial charge in [0.1, 0.15) is 5.75 Å². The molecule has 1 saturated carbocycles. The second-order valence-corrected chi connectivity index (χ2v) is 8.33. The van der Waals surface area contributed by atoms with Crippen LogP contribution in [0.1, 0.15) is 36.8 Å². The molecule has 1 heterocycles. The van der Waals surface area contributed by atoms with Crippen LogP contribution in [0.3, 0.4) is 0 Å². The number of fused-ring (bicyclic) bond motifs is 1. The molecule has 0 bridgehead atoms. The Hall–Kier alpha value is -2.07. The van der Waals surface area contributed by atoms with Crippen molar-refractivity contribution in [2.45, 2.75) is 38.7 Å². The van der Waals surface area contributed by atoms with Crippen molar-refractivity contribution in [2.24, 2.45) is 11.8 Å². The molecule has 1 aliphatic carbocycles. The Morgan fingerprint density at radius 3 is 2.44 bits per heavy atom. The van der Waals surface area contributed by atoms with Gasteiger partial charge in [-0.2, -0.15) is 0 Å². The van der Waals surface area contributed by atoms with E-state index in [1.165, 1.54) is 5.56 Å². The highest BCUT2D eigenvalue weighted by atomic mass is 19.1. The number of phenolic OH excluding ortho intramolecular Hbond substituents is 1. The minimum Gasteiger partial charge on any atom is -0.508 e. The van der Waals surface area contributed by atoms with Crippen LogP contribution in [-0.2, 0) is 0 Å². The van der Waals surface area contributed by atoms with E-state index in [1.54, 1.807) is 31.2 Å². The van der Waals surface area contributed by atoms with Gasteiger partial charge in [0.2, 0.25) is 0 Å². The van der Waals surface area contributed by atoms with Crippen molar-refractivity contribution in [1.82, 2.24) is 4.90 Å². The smallest absolute Gasteiger partial charge is 0.167 e. The number of aryl methyl sites for hydroxylation is 1. The van der Waals surface area contributed by atoms with Crippen molar-refractivity contribution in [3.63, 3.8) is 0 Å². The first kappa shape index (κ1) is 18.3. The van der Waals surface area contributed by atoms with Crippen LogP contribution in [-0.4, -0.2) is 35.7 Å². The molecule has 1 saturated heterocycles. The lowest BCUT2D eigenvalue weighted by Gasteiger charge is -2.23. The number of benzene rings is 2. The molecule has 2 fully saturated rings. The van der Waals surface area contributed by atoms with Gasteiger partial charge in [-0.1, -0.05) is 31.2 Å². The Labute approximate surface area is 160 Å². The summed E-state index contributed by atoms with van der Waals surface area (Å²) in [5, 5.41) is 9.45. The maximum atomic E-state index is 14.2. The van der Waals surface area contributed by atoms with Crippen molar-refractivity contribution < 1.29 is 14.2 Å². The SMILES string of the molecule is Cc1cccc(O[C@H]2C[C@@H]3CN(CC(C)c4ccc(O)cc4)C[C@@H]3C2)c1F. The molecule has 1 N–H and O–H groups in total. The van der Waals surface area contributed by atoms with E-state index in [0.717, 1.165) is 32.5 Å². The van der Waals surface area contributed by atoms with E-state index < -0.39 is 0 Å². The summed E-state index contributed by atoms with van der Waals surface area (Å²) in [6.45, 7) is 7.26. The van der Waals surface area contributed by atoms with E-state index in [9.17, 15) is 9.50 Å². The zero-order chi connectivity index (χ0) is 19.0. The fourth-order valence-corrected chi connectivity index (χ4v) is 4.77. The van der Waals surface area contributed by atoms with Crippen LogP contribution in [0, 0.1) is 24.6 Å². The van der Waals surface area contributed by atoms with Crippen LogP contribution >= 0.6 is 0 Å². The normalized spacial score (nSPS) is 26.1. The fraction of sp³-hybridized carbons (Fsp3) is 0.478. The Bertz CT molecular complexity index is 777. The van der Waals surface area contributed by atoms with E-state index in [2.05, 4.69) is 11.8 Å². The van der Waals surface area contributed by atoms with Crippen LogP contribution in [0.2, 0.25) is 0 Å². The third kappa shape index (κ3) is 3.96. The molecule has 0 spiro atoms. The summed E-state index contributed by atoms with van der Waals surface area (Å²) in [5.41, 5.74) is 1.90. The summed E-state index contributed by atoms with van der Waals surface area (Å²) in [4.78, 5) is 2.55. The zero-order valence-corrected chi connectivity index (χ0v) is 16.1. The van der Waals surface area contributed by atoms with E-state index in [-0.39, 0.29) is 11.9 Å². The first-order valence-corrected chi connectivity index (χ1v) is 9.92. The van der Waals surface area contributed by atoms with Crippen LogP contribution in [0.15, 0.2) is 42.5 Å². The molecule has 2 aromatic rings. The average molecular weight is 369 g/mol. The summed E-state index contributed by atoms with van der Waals surface area (Å²) in [6, 6.07) is 12.9. The van der Waals surface area contributed by atoms with Gasteiger partial charge >= 0.3 is 0 Å². The molecule has 4 heteroatoms. The van der Waals surface area contributed by atoms with Crippen molar-refractivity contribution >= 4 is 0 Å². The largest absolute Gasteiger partial charge is 0.508 e. The molecule has 0 amide bonds. The van der Waals surface area contributed by atoms with E-state index in [0.29, 0.717) is 34.8 Å². The molecule has 0 radical (unpaired) electrons. The Kier molecular flexibility index (Phi) is 5.09. The van der Waals surface area contributed by atoms with Gasteiger partial charge in [-0.15, -0.1) is 0 Å². The molecule has 27 heavy (non-hydrogen) atoms. The summed E-state index contributed by atoms with van der Waals surface area (Å²) >= 11 is 0. The molecule has 4 atom stereocenters. The second-order valence-electron chi connectivity index (χ2n) is 8.33. The number of nitrogens with zero attached hydrogens (tertiary/aromatic N) is 1. The molecule has 4 rings (SSSR count). The molecule has 2 aliphatic rings. The van der Waals surface area contributed by atoms with Crippen LogP contribution in [0.4, 0.5) is 4.39 Å². The van der Waals surface area contributed by atoms with Gasteiger partial charge in [0.05, 0.1) is 6.10 Å². The lowest BCUT2D eigenvalue weighted by Crippen LogP contribution is -2.28. The predicted octanol–water partition coefficient (Wildman–Crippen LogP) is 4.73. The van der Waals surface area contributed by atoms with Crippen LogP contribution in [0.25, 0.3) is 0 Å². The molecule has 2 aromatic carbocycles. The van der Waals surface area contributed by atoms with Gasteiger partial charge in [-0.3, -0.25) is 0 Å². The summed E-state index contributed by atoms with van der Waals surface area (Å²) in [7, 11) is 0. The van der Waals surface area contributed by atoms with Gasteiger partial charge < -0.3 is 14.7 Å². The van der Waals surface area contributed by atoms with Crippen LogP contribution < -0.4 is 4.74 Å². The molecule has 3 nitrogen and oxygen atoms in total. The number of hydrogen-bond acceptors (Lipinski definition) is 3. The first-order valence-electron chi connectivity index (χ1n) is 9.92. The molecule has 0 aromatic heterocycles. The van der Waals surface area contributed by atoms with Crippen LogP contribution in [0.5, 0.6) is 11.5 Å². The number of likely N-dealkylation sites (tertiary alicyclic amines) is 1. The maximum Gasteiger partial charge on any atom is 0.167 e. The highest BCUT2D eigenvalue weighted by molar-refractivity contribution is 5.30. The number of aromatic hydroxyl groups is 1. The van der Waals surface area contributed by atoms with Gasteiger partial charge in [-0.05, 0) is 66.8 Å². The third-order valence-corrected chi connectivity index (χ3v) is 6.23. The second kappa shape index (κ2) is 7.51. The van der Waals surface area contributed by atoms with Gasteiger partial charge in [0.25, 0.3) is 0 Å². The van der Waals surface area contributed by atoms with E-state index >= 15 is 0 Å². The summed E-state index contributed by atoms with van der Waals surface area (Å²) in [5.74, 6) is 2.23. The molecule has 1 unspecified atom stereocenters. The zero-order valence-electron chi connectivity index (χ0n) is 16.1. The quantitative estimate of drug-likeness (QED) is 0.827. The first-order chi connectivity index (χ1) is 13.0. The standard InChI is InChI=1S/C23H28FNO2/c1-15-4-3-5-22(23(15)24)27-21-10-18-13-25(14-19(18)11-21)12-16(2)17-6-8-20(26)9-7-17/h3-9,16,18-19,21,26H,10-14H2,1-2H3/t16?,18-,19+,21+. The van der Waals surface area contributed by atoms with Crippen molar-refractivity contribution in [1.29, 1.82) is 0 Å². The highest BCUT2D eigenvalue weighted by Gasteiger charge is 2.42. The van der Waals surface area contributed by atoms with Crippen molar-refractivity contribution in [2.75, 3.05) is 19.6 Å². The van der Waals surface area contributed by atoms with Gasteiger partial charge in [0, 0.05) is 19.6 Å². The number of phenols is 1. The number of ether oxygens (including phenoxy) is 1. The molecule has 1 aliphatic heterocycles. The lowest BCUT2D eigenvalue weighted by molar-refractivity contribution is 0.177. The summed E-state index contributed by atoms with van der Waals surface area (Å²) < 4.78 is 20.2. The predicted molar refractivity (Wildman–Crippen MR) is 105 cm³/mol. The molecule has 144 valence electrons. The number of rotatable bonds is 5.